The van der Waals surface area contributed by atoms with Crippen LogP contribution >= 0.6 is 11.8 Å². The van der Waals surface area contributed by atoms with Crippen molar-refractivity contribution in [1.29, 1.82) is 0 Å². The molecule has 1 amide bonds. The second kappa shape index (κ2) is 10.1. The third-order valence-electron chi connectivity index (χ3n) is 5.32. The van der Waals surface area contributed by atoms with Gasteiger partial charge in [0.1, 0.15) is 18.2 Å². The summed E-state index contributed by atoms with van der Waals surface area (Å²) in [5.74, 6) is -0.326. The van der Waals surface area contributed by atoms with Crippen LogP contribution in [0.3, 0.4) is 0 Å². The summed E-state index contributed by atoms with van der Waals surface area (Å²) in [6.45, 7) is 5.26. The maximum Gasteiger partial charge on any atom is 0.242 e. The number of hydrogen-bond donors (Lipinski definition) is 3. The molecular weight excluding hydrogens is 473 g/mol. The topological polar surface area (TPSA) is 136 Å². The molecule has 11 heteroatoms. The number of halogens is 1. The van der Waals surface area contributed by atoms with Crippen LogP contribution in [0.5, 0.6) is 0 Å². The summed E-state index contributed by atoms with van der Waals surface area (Å²) in [5, 5.41) is 20.5. The third kappa shape index (κ3) is 6.05. The van der Waals surface area contributed by atoms with Gasteiger partial charge < -0.3 is 25.3 Å². The molecule has 0 radical (unpaired) electrons. The van der Waals surface area contributed by atoms with Gasteiger partial charge >= 0.3 is 0 Å². The molecule has 1 aliphatic heterocycles. The van der Waals surface area contributed by atoms with Crippen molar-refractivity contribution >= 4 is 28.4 Å². The number of amides is 1. The van der Waals surface area contributed by atoms with Crippen LogP contribution in [0.2, 0.25) is 0 Å². The van der Waals surface area contributed by atoms with Crippen LogP contribution < -0.4 is 11.1 Å². The Morgan fingerprint density at radius 3 is 2.74 bits per heavy atom. The Balaban J connectivity index is 1.44. The van der Waals surface area contributed by atoms with Gasteiger partial charge in [0.05, 0.1) is 29.2 Å². The molecule has 2 aromatic heterocycles. The van der Waals surface area contributed by atoms with Crippen LogP contribution in [0.25, 0.3) is 4.91 Å². The molecule has 9 nitrogen and oxygen atoms in total. The number of rotatable bonds is 9. The highest BCUT2D eigenvalue weighted by atomic mass is 32.2. The molecule has 184 valence electrons. The van der Waals surface area contributed by atoms with Crippen molar-refractivity contribution in [1.82, 2.24) is 15.2 Å². The second-order valence-corrected chi connectivity index (χ2v) is 9.80. The average molecular weight is 500 g/mol. The molecule has 2 unspecified atom stereocenters. The number of aliphatic hydroxyl groups is 1. The van der Waals surface area contributed by atoms with Gasteiger partial charge in [-0.2, -0.15) is 0 Å². The maximum atomic E-state index is 14.9. The van der Waals surface area contributed by atoms with Gasteiger partial charge in [0.25, 0.3) is 0 Å². The number of ether oxygens (including phenoxy) is 1. The quantitative estimate of drug-likeness (QED) is 0.404. The van der Waals surface area contributed by atoms with Crippen LogP contribution in [-0.2, 0) is 28.3 Å². The Morgan fingerprint density at radius 2 is 2.09 bits per heavy atom. The van der Waals surface area contributed by atoms with Gasteiger partial charge in [0.2, 0.25) is 17.7 Å². The number of benzene rings is 1. The van der Waals surface area contributed by atoms with E-state index in [4.69, 9.17) is 14.9 Å². The molecule has 0 saturated carbocycles. The van der Waals surface area contributed by atoms with Crippen LogP contribution in [0.4, 0.5) is 10.2 Å². The number of carbonyl (C=O) groups excluding carboxylic acids is 1. The molecular formula is C24H26FN5O4S. The molecule has 3 heterocycles. The fraction of sp³-hybridized carbons (Fsp3) is 0.333. The zero-order valence-corrected chi connectivity index (χ0v) is 20.3. The lowest BCUT2D eigenvalue weighted by Crippen LogP contribution is -2.33. The molecule has 0 spiro atoms. The highest BCUT2D eigenvalue weighted by molar-refractivity contribution is 8.09. The van der Waals surface area contributed by atoms with E-state index in [1.54, 1.807) is 51.1 Å². The lowest BCUT2D eigenvalue weighted by Gasteiger charge is -2.20. The molecule has 2 atom stereocenters. The SMILES string of the molecule is Cc1nnc(COCc2cccc(NC3SC(c4ccc(C(C)(C)O)cc4F)=CC3C(N)=O)n2)o1. The summed E-state index contributed by atoms with van der Waals surface area (Å²) >= 11 is 1.29. The number of aromatic nitrogens is 3. The van der Waals surface area contributed by atoms with Crippen molar-refractivity contribution in [2.24, 2.45) is 11.7 Å². The molecule has 0 bridgehead atoms. The Kier molecular flexibility index (Phi) is 7.20. The Bertz CT molecular complexity index is 1260. The second-order valence-electron chi connectivity index (χ2n) is 8.62. The molecule has 0 aliphatic carbocycles. The molecule has 4 rings (SSSR count). The van der Waals surface area contributed by atoms with Gasteiger partial charge in [0.15, 0.2) is 0 Å². The predicted molar refractivity (Wildman–Crippen MR) is 129 cm³/mol. The molecule has 0 fully saturated rings. The van der Waals surface area contributed by atoms with Crippen LogP contribution in [0.1, 0.15) is 42.4 Å². The predicted octanol–water partition coefficient (Wildman–Crippen LogP) is 3.48. The standard InChI is InChI=1S/C24H26FN5O4S/c1-13-29-30-21(34-13)12-33-11-15-5-4-6-20(27-15)28-23-17(22(26)31)10-19(35-23)16-8-7-14(9-18(16)25)24(2,3)32/h4-10,17,23,32H,11-12H2,1-3H3,(H2,26,31)(H,27,28). The Labute approximate surface area is 206 Å². The number of nitrogens with one attached hydrogen (secondary N) is 1. The molecule has 4 N–H and O–H groups in total. The number of carbonyl (C=O) groups is 1. The highest BCUT2D eigenvalue weighted by Gasteiger charge is 2.34. The van der Waals surface area contributed by atoms with Crippen molar-refractivity contribution < 1.29 is 23.4 Å². The number of nitrogens with zero attached hydrogens (tertiary/aromatic N) is 3. The van der Waals surface area contributed by atoms with Gasteiger partial charge in [0, 0.05) is 17.4 Å². The average Bonchev–Trinajstić information content (AvgIpc) is 3.39. The molecule has 0 saturated heterocycles. The summed E-state index contributed by atoms with van der Waals surface area (Å²) in [4.78, 5) is 17.2. The van der Waals surface area contributed by atoms with Crippen molar-refractivity contribution in [3.8, 4) is 0 Å². The van der Waals surface area contributed by atoms with E-state index >= 15 is 0 Å². The summed E-state index contributed by atoms with van der Waals surface area (Å²) < 4.78 is 25.7. The van der Waals surface area contributed by atoms with Crippen LogP contribution in [0.15, 0.2) is 46.9 Å². The van der Waals surface area contributed by atoms with Crippen molar-refractivity contribution in [2.75, 3.05) is 5.32 Å². The molecule has 35 heavy (non-hydrogen) atoms. The lowest BCUT2D eigenvalue weighted by atomic mass is 9.96. The summed E-state index contributed by atoms with van der Waals surface area (Å²) in [6, 6.07) is 9.95. The van der Waals surface area contributed by atoms with E-state index in [-0.39, 0.29) is 13.2 Å². The summed E-state index contributed by atoms with van der Waals surface area (Å²) in [6.07, 6.45) is 1.66. The lowest BCUT2D eigenvalue weighted by molar-refractivity contribution is -0.120. The van der Waals surface area contributed by atoms with E-state index in [9.17, 15) is 14.3 Å². The fourth-order valence-corrected chi connectivity index (χ4v) is 4.85. The van der Waals surface area contributed by atoms with E-state index in [0.717, 1.165) is 0 Å². The minimum atomic E-state index is -1.17. The monoisotopic (exact) mass is 499 g/mol. The molecule has 3 aromatic rings. The zero-order valence-electron chi connectivity index (χ0n) is 19.5. The smallest absolute Gasteiger partial charge is 0.242 e. The largest absolute Gasteiger partial charge is 0.423 e. The Hall–Kier alpha value is -3.28. The van der Waals surface area contributed by atoms with Gasteiger partial charge in [-0.1, -0.05) is 36.0 Å². The third-order valence-corrected chi connectivity index (χ3v) is 6.60. The number of thioether (sulfide) groups is 1. The number of primary amides is 1. The van der Waals surface area contributed by atoms with Gasteiger partial charge in [-0.05, 0) is 37.6 Å². The van der Waals surface area contributed by atoms with E-state index in [1.165, 1.54) is 17.8 Å². The number of pyridine rings is 1. The van der Waals surface area contributed by atoms with Crippen molar-refractivity contribution in [3.05, 3.63) is 76.9 Å². The minimum absolute atomic E-state index is 0.160. The van der Waals surface area contributed by atoms with Crippen molar-refractivity contribution in [3.63, 3.8) is 0 Å². The van der Waals surface area contributed by atoms with Crippen LogP contribution in [0, 0.1) is 18.7 Å². The van der Waals surface area contributed by atoms with Crippen molar-refractivity contribution in [2.45, 2.75) is 45.0 Å². The minimum Gasteiger partial charge on any atom is -0.423 e. The van der Waals surface area contributed by atoms with Crippen LogP contribution in [-0.4, -0.2) is 31.6 Å². The molecule has 1 aromatic carbocycles. The van der Waals surface area contributed by atoms with E-state index in [1.807, 2.05) is 6.07 Å². The number of anilines is 1. The van der Waals surface area contributed by atoms with Gasteiger partial charge in [-0.3, -0.25) is 4.79 Å². The summed E-state index contributed by atoms with van der Waals surface area (Å²) in [5.41, 5.74) is 5.92. The highest BCUT2D eigenvalue weighted by Crippen LogP contribution is 2.43. The first kappa shape index (κ1) is 24.8. The first-order chi connectivity index (χ1) is 16.6. The number of hydrogen-bond acceptors (Lipinski definition) is 9. The normalized spacial score (nSPS) is 17.9. The van der Waals surface area contributed by atoms with E-state index < -0.39 is 28.6 Å². The Morgan fingerprint density at radius 1 is 1.29 bits per heavy atom. The first-order valence-corrected chi connectivity index (χ1v) is 11.8. The zero-order chi connectivity index (χ0) is 25.2. The molecule has 1 aliphatic rings. The van der Waals surface area contributed by atoms with E-state index in [0.29, 0.717) is 39.3 Å². The number of nitrogens with two attached hydrogens (primary N) is 1. The van der Waals surface area contributed by atoms with Gasteiger partial charge in [-0.25, -0.2) is 9.37 Å². The first-order valence-electron chi connectivity index (χ1n) is 10.9. The van der Waals surface area contributed by atoms with E-state index in [2.05, 4.69) is 20.5 Å². The fourth-order valence-electron chi connectivity index (χ4n) is 3.52. The number of aryl methyl sites for hydroxylation is 1. The van der Waals surface area contributed by atoms with Gasteiger partial charge in [-0.15, -0.1) is 10.2 Å². The summed E-state index contributed by atoms with van der Waals surface area (Å²) in [7, 11) is 0. The maximum absolute atomic E-state index is 14.9.